The number of alkyl halides is 1. The van der Waals surface area contributed by atoms with Crippen LogP contribution in [-0.2, 0) is 10.0 Å². The molecule has 0 aliphatic rings. The molecule has 0 aliphatic heterocycles. The Balaban J connectivity index is 2.95. The third kappa shape index (κ3) is 5.66. The Hall–Kier alpha value is -1.09. The molecule has 1 aromatic rings. The maximum Gasteiger partial charge on any atom is 0.243 e. The minimum absolute atomic E-state index is 0.320. The molecular weight excluding hydrogens is 350 g/mol. The number of aryl methyl sites for hydroxylation is 1. The molecule has 5 heteroatoms. The van der Waals surface area contributed by atoms with E-state index in [1.54, 1.807) is 24.3 Å². The summed E-state index contributed by atoms with van der Waals surface area (Å²) in [7, 11) is -3.48. The van der Waals surface area contributed by atoms with E-state index in [0.29, 0.717) is 36.2 Å². The van der Waals surface area contributed by atoms with Gasteiger partial charge in [0, 0.05) is 24.8 Å². The number of allylic oxidation sites excluding steroid dienone is 1. The first-order chi connectivity index (χ1) is 10.0. The van der Waals surface area contributed by atoms with Gasteiger partial charge in [0.25, 0.3) is 0 Å². The van der Waals surface area contributed by atoms with Crippen LogP contribution in [0.4, 0.5) is 0 Å². The van der Waals surface area contributed by atoms with E-state index in [2.05, 4.69) is 21.9 Å². The van der Waals surface area contributed by atoms with Gasteiger partial charge in [0.15, 0.2) is 0 Å². The lowest BCUT2D eigenvalue weighted by atomic mass is 10.2. The van der Waals surface area contributed by atoms with Crippen LogP contribution in [-0.4, -0.2) is 31.1 Å². The molecule has 0 atom stereocenters. The van der Waals surface area contributed by atoms with Crippen molar-refractivity contribution >= 4 is 26.0 Å². The molecule has 0 unspecified atom stereocenters. The molecule has 1 aromatic carbocycles. The van der Waals surface area contributed by atoms with Crippen molar-refractivity contribution in [3.8, 4) is 12.3 Å². The van der Waals surface area contributed by atoms with Crippen LogP contribution in [0.1, 0.15) is 18.4 Å². The Kier molecular flexibility index (Phi) is 7.73. The van der Waals surface area contributed by atoms with Crippen LogP contribution >= 0.6 is 15.9 Å². The Labute approximate surface area is 136 Å². The van der Waals surface area contributed by atoms with Crippen molar-refractivity contribution in [2.45, 2.75) is 24.7 Å². The fraction of sp³-hybridized carbons (Fsp3) is 0.375. The van der Waals surface area contributed by atoms with Gasteiger partial charge in [-0.25, -0.2) is 8.42 Å². The molecule has 0 amide bonds. The number of sulfonamides is 1. The van der Waals surface area contributed by atoms with Gasteiger partial charge in [-0.2, -0.15) is 4.31 Å². The first-order valence-corrected chi connectivity index (χ1v) is 9.29. The monoisotopic (exact) mass is 369 g/mol. The van der Waals surface area contributed by atoms with Gasteiger partial charge in [-0.15, -0.1) is 12.3 Å². The number of benzene rings is 1. The summed E-state index contributed by atoms with van der Waals surface area (Å²) in [5, 5.41) is 0.704. The lowest BCUT2D eigenvalue weighted by molar-refractivity contribution is 0.436. The van der Waals surface area contributed by atoms with E-state index < -0.39 is 10.0 Å². The zero-order valence-corrected chi connectivity index (χ0v) is 14.5. The molecule has 0 bridgehead atoms. The van der Waals surface area contributed by atoms with Crippen molar-refractivity contribution in [2.75, 3.05) is 18.4 Å². The molecule has 0 N–H and O–H groups in total. The second kappa shape index (κ2) is 9.04. The average Bonchev–Trinajstić information content (AvgIpc) is 2.46. The minimum Gasteiger partial charge on any atom is -0.207 e. The number of unbranched alkanes of at least 4 members (excludes halogenated alkanes) is 1. The number of rotatable bonds is 8. The Bertz CT molecular complexity index is 600. The maximum absolute atomic E-state index is 12.7. The lowest BCUT2D eigenvalue weighted by Crippen LogP contribution is -2.32. The molecule has 114 valence electrons. The van der Waals surface area contributed by atoms with E-state index in [0.717, 1.165) is 5.56 Å². The summed E-state index contributed by atoms with van der Waals surface area (Å²) in [5.74, 6) is 2.54. The van der Waals surface area contributed by atoms with Crippen molar-refractivity contribution in [1.29, 1.82) is 0 Å². The number of terminal acetylenes is 1. The van der Waals surface area contributed by atoms with Crippen molar-refractivity contribution in [1.82, 2.24) is 4.31 Å². The Morgan fingerprint density at radius 1 is 1.29 bits per heavy atom. The van der Waals surface area contributed by atoms with Crippen LogP contribution in [0.2, 0.25) is 0 Å². The standard InChI is InChI=1S/C16H20BrNO2S/c1-3-4-6-13-18(14-7-5-12-17)21(19,20)16-10-8-15(2)9-11-16/h1,5,7-11H,4,6,12-14H2,2H3/b7-5+. The average molecular weight is 370 g/mol. The second-order valence-electron chi connectivity index (χ2n) is 4.61. The summed E-state index contributed by atoms with van der Waals surface area (Å²) in [6.45, 7) is 2.71. The van der Waals surface area contributed by atoms with Gasteiger partial charge >= 0.3 is 0 Å². The Morgan fingerprint density at radius 2 is 1.95 bits per heavy atom. The smallest absolute Gasteiger partial charge is 0.207 e. The van der Waals surface area contributed by atoms with Crippen LogP contribution in [0.3, 0.4) is 0 Å². The number of nitrogens with zero attached hydrogens (tertiary/aromatic N) is 1. The largest absolute Gasteiger partial charge is 0.243 e. The van der Waals surface area contributed by atoms with Crippen molar-refractivity contribution < 1.29 is 8.42 Å². The summed E-state index contributed by atoms with van der Waals surface area (Å²) in [4.78, 5) is 0.320. The van der Waals surface area contributed by atoms with Crippen LogP contribution in [0.25, 0.3) is 0 Å². The van der Waals surface area contributed by atoms with Gasteiger partial charge < -0.3 is 0 Å². The van der Waals surface area contributed by atoms with Crippen molar-refractivity contribution in [3.63, 3.8) is 0 Å². The molecule has 0 saturated carbocycles. The molecule has 3 nitrogen and oxygen atoms in total. The van der Waals surface area contributed by atoms with E-state index >= 15 is 0 Å². The molecule has 0 aliphatic carbocycles. The quantitative estimate of drug-likeness (QED) is 0.305. The second-order valence-corrected chi connectivity index (χ2v) is 7.19. The number of halogens is 1. The molecule has 21 heavy (non-hydrogen) atoms. The topological polar surface area (TPSA) is 37.4 Å². The van der Waals surface area contributed by atoms with Gasteiger partial charge in [-0.3, -0.25) is 0 Å². The van der Waals surface area contributed by atoms with Crippen LogP contribution < -0.4 is 0 Å². The molecule has 0 radical (unpaired) electrons. The van der Waals surface area contributed by atoms with Crippen molar-refractivity contribution in [3.05, 3.63) is 42.0 Å². The van der Waals surface area contributed by atoms with E-state index in [4.69, 9.17) is 6.42 Å². The van der Waals surface area contributed by atoms with Gasteiger partial charge in [0.05, 0.1) is 4.90 Å². The zero-order valence-electron chi connectivity index (χ0n) is 12.1. The van der Waals surface area contributed by atoms with Crippen molar-refractivity contribution in [2.24, 2.45) is 0 Å². The van der Waals surface area contributed by atoms with Gasteiger partial charge in [0.2, 0.25) is 10.0 Å². The summed E-state index contributed by atoms with van der Waals surface area (Å²) in [6.07, 6.45) is 10.2. The fourth-order valence-corrected chi connectivity index (χ4v) is 3.48. The molecule has 1 rings (SSSR count). The maximum atomic E-state index is 12.7. The van der Waals surface area contributed by atoms with Crippen LogP contribution in [0, 0.1) is 19.3 Å². The molecular formula is C16H20BrNO2S. The third-order valence-electron chi connectivity index (χ3n) is 2.95. The fourth-order valence-electron chi connectivity index (χ4n) is 1.78. The van der Waals surface area contributed by atoms with E-state index in [-0.39, 0.29) is 0 Å². The van der Waals surface area contributed by atoms with E-state index in [9.17, 15) is 8.42 Å². The highest BCUT2D eigenvalue weighted by atomic mass is 79.9. The summed E-state index contributed by atoms with van der Waals surface area (Å²) in [5.41, 5.74) is 1.03. The lowest BCUT2D eigenvalue weighted by Gasteiger charge is -2.20. The highest BCUT2D eigenvalue weighted by molar-refractivity contribution is 9.09. The summed E-state index contributed by atoms with van der Waals surface area (Å²) in [6, 6.07) is 6.90. The van der Waals surface area contributed by atoms with Crippen LogP contribution in [0.15, 0.2) is 41.3 Å². The van der Waals surface area contributed by atoms with Crippen LogP contribution in [0.5, 0.6) is 0 Å². The van der Waals surface area contributed by atoms with Gasteiger partial charge in [-0.05, 0) is 25.5 Å². The third-order valence-corrected chi connectivity index (χ3v) is 5.21. The van der Waals surface area contributed by atoms with E-state index in [1.807, 2.05) is 19.1 Å². The summed E-state index contributed by atoms with van der Waals surface area (Å²) >= 11 is 3.29. The molecule has 0 aromatic heterocycles. The van der Waals surface area contributed by atoms with Gasteiger partial charge in [-0.1, -0.05) is 45.8 Å². The number of hydrogen-bond donors (Lipinski definition) is 0. The van der Waals surface area contributed by atoms with Gasteiger partial charge in [0.1, 0.15) is 0 Å². The first kappa shape index (κ1) is 18.0. The van der Waals surface area contributed by atoms with E-state index in [1.165, 1.54) is 4.31 Å². The predicted molar refractivity (Wildman–Crippen MR) is 90.9 cm³/mol. The SMILES string of the molecule is C#CCCCN(C/C=C/CBr)S(=O)(=O)c1ccc(C)cc1. The molecule has 0 heterocycles. The Morgan fingerprint density at radius 3 is 2.52 bits per heavy atom. The summed E-state index contributed by atoms with van der Waals surface area (Å²) < 4.78 is 26.8. The minimum atomic E-state index is -3.48. The normalized spacial score (nSPS) is 11.9. The molecule has 0 fully saturated rings. The zero-order chi connectivity index (χ0) is 15.7. The molecule has 0 saturated heterocycles. The molecule has 0 spiro atoms. The number of hydrogen-bond acceptors (Lipinski definition) is 2. The highest BCUT2D eigenvalue weighted by Crippen LogP contribution is 2.17. The first-order valence-electron chi connectivity index (χ1n) is 6.73. The highest BCUT2D eigenvalue weighted by Gasteiger charge is 2.22. The predicted octanol–water partition coefficient (Wildman–Crippen LogP) is 3.35.